The van der Waals surface area contributed by atoms with Gasteiger partial charge in [0.15, 0.2) is 9.84 Å². The molecule has 3 aliphatic rings. The van der Waals surface area contributed by atoms with Gasteiger partial charge in [-0.3, -0.25) is 9.59 Å². The molecule has 0 radical (unpaired) electrons. The number of likely N-dealkylation sites (N-methyl/N-ethyl adjacent to an activating group) is 1. The quantitative estimate of drug-likeness (QED) is 0.698. The Morgan fingerprint density at radius 3 is 2.00 bits per heavy atom. The Bertz CT molecular complexity index is 643. The lowest BCUT2D eigenvalue weighted by Gasteiger charge is -2.44. The van der Waals surface area contributed by atoms with Crippen LogP contribution in [0.1, 0.15) is 38.5 Å². The van der Waals surface area contributed by atoms with E-state index in [1.54, 1.807) is 14.7 Å². The maximum atomic E-state index is 12.9. The number of hydrogen-bond acceptors (Lipinski definition) is 5. The lowest BCUT2D eigenvalue weighted by Crippen LogP contribution is -2.63. The van der Waals surface area contributed by atoms with E-state index in [1.807, 2.05) is 14.1 Å². The summed E-state index contributed by atoms with van der Waals surface area (Å²) in [7, 11) is 0.424. The van der Waals surface area contributed by atoms with Crippen molar-refractivity contribution in [3.8, 4) is 0 Å². The molecule has 0 unspecified atom stereocenters. The summed E-state index contributed by atoms with van der Waals surface area (Å²) in [6.07, 6.45) is 6.34. The Kier molecular flexibility index (Phi) is 5.91. The highest BCUT2D eigenvalue weighted by molar-refractivity contribution is 7.91. The molecule has 0 spiro atoms. The number of carbonyl (C=O) groups is 2. The standard InChI is InChI=1S/C18H31N3O4S/c1-19(2)11-18(23)21-9-8-20(15-12-26(24,25)13-16(15)21)17(22)10-14-6-4-3-5-7-14/h14-16H,3-13H2,1-2H3/t15-,16+/m1/s1. The van der Waals surface area contributed by atoms with Crippen LogP contribution >= 0.6 is 0 Å². The third kappa shape index (κ3) is 4.39. The van der Waals surface area contributed by atoms with Crippen LogP contribution in [0, 0.1) is 5.92 Å². The van der Waals surface area contributed by atoms with Gasteiger partial charge in [-0.15, -0.1) is 0 Å². The van der Waals surface area contributed by atoms with E-state index < -0.39 is 15.9 Å². The smallest absolute Gasteiger partial charge is 0.237 e. The van der Waals surface area contributed by atoms with Crippen molar-refractivity contribution in [2.24, 2.45) is 5.92 Å². The molecule has 0 aromatic rings. The first-order chi connectivity index (χ1) is 12.3. The van der Waals surface area contributed by atoms with E-state index in [-0.39, 0.29) is 35.9 Å². The second-order valence-electron chi connectivity index (χ2n) is 8.33. The molecule has 2 aliphatic heterocycles. The normalized spacial score (nSPS) is 29.0. The first-order valence-corrected chi connectivity index (χ1v) is 11.5. The largest absolute Gasteiger partial charge is 0.335 e. The van der Waals surface area contributed by atoms with Crippen LogP contribution in [-0.2, 0) is 19.4 Å². The van der Waals surface area contributed by atoms with Crippen LogP contribution in [0.5, 0.6) is 0 Å². The van der Waals surface area contributed by atoms with Crippen LogP contribution in [-0.4, -0.2) is 92.3 Å². The van der Waals surface area contributed by atoms with Crippen molar-refractivity contribution < 1.29 is 18.0 Å². The zero-order valence-corrected chi connectivity index (χ0v) is 16.7. The molecule has 2 amide bonds. The number of fused-ring (bicyclic) bond motifs is 1. The highest BCUT2D eigenvalue weighted by Crippen LogP contribution is 2.31. The Morgan fingerprint density at radius 1 is 0.923 bits per heavy atom. The minimum Gasteiger partial charge on any atom is -0.335 e. The fraction of sp³-hybridized carbons (Fsp3) is 0.889. The lowest BCUT2D eigenvalue weighted by molar-refractivity contribution is -0.146. The number of amides is 2. The van der Waals surface area contributed by atoms with Gasteiger partial charge in [0.25, 0.3) is 0 Å². The number of nitrogens with zero attached hydrogens (tertiary/aromatic N) is 3. The van der Waals surface area contributed by atoms with E-state index in [0.717, 1.165) is 12.8 Å². The first kappa shape index (κ1) is 19.6. The van der Waals surface area contributed by atoms with Gasteiger partial charge in [-0.25, -0.2) is 8.42 Å². The fourth-order valence-corrected chi connectivity index (χ4v) is 6.67. The Labute approximate surface area is 156 Å². The molecule has 148 valence electrons. The van der Waals surface area contributed by atoms with Crippen LogP contribution in [0.2, 0.25) is 0 Å². The van der Waals surface area contributed by atoms with Gasteiger partial charge in [0.2, 0.25) is 11.8 Å². The monoisotopic (exact) mass is 385 g/mol. The third-order valence-corrected chi connectivity index (χ3v) is 7.66. The summed E-state index contributed by atoms with van der Waals surface area (Å²) in [6, 6.07) is -0.771. The van der Waals surface area contributed by atoms with E-state index in [9.17, 15) is 18.0 Å². The molecule has 3 fully saturated rings. The van der Waals surface area contributed by atoms with E-state index >= 15 is 0 Å². The molecule has 26 heavy (non-hydrogen) atoms. The summed E-state index contributed by atoms with van der Waals surface area (Å²) in [5.74, 6) is 0.412. The molecule has 3 rings (SSSR count). The Hall–Kier alpha value is -1.15. The number of hydrogen-bond donors (Lipinski definition) is 0. The predicted octanol–water partition coefficient (Wildman–Crippen LogP) is 0.355. The molecule has 0 bridgehead atoms. The Balaban J connectivity index is 1.71. The molecule has 1 aliphatic carbocycles. The molecular weight excluding hydrogens is 354 g/mol. The molecule has 0 aromatic carbocycles. The van der Waals surface area contributed by atoms with Crippen LogP contribution in [0.25, 0.3) is 0 Å². The summed E-state index contributed by atoms with van der Waals surface area (Å²) >= 11 is 0. The fourth-order valence-electron chi connectivity index (χ4n) is 4.69. The van der Waals surface area contributed by atoms with E-state index in [2.05, 4.69) is 0 Å². The molecule has 2 saturated heterocycles. The van der Waals surface area contributed by atoms with Crippen LogP contribution in [0.4, 0.5) is 0 Å². The highest BCUT2D eigenvalue weighted by Gasteiger charge is 2.49. The molecule has 0 aromatic heterocycles. The zero-order valence-electron chi connectivity index (χ0n) is 15.9. The van der Waals surface area contributed by atoms with Crippen LogP contribution in [0.15, 0.2) is 0 Å². The van der Waals surface area contributed by atoms with Crippen molar-refractivity contribution in [2.45, 2.75) is 50.6 Å². The van der Waals surface area contributed by atoms with Crippen molar-refractivity contribution in [1.29, 1.82) is 0 Å². The topological polar surface area (TPSA) is 78.0 Å². The summed E-state index contributed by atoms with van der Waals surface area (Å²) in [6.45, 7) is 1.14. The van der Waals surface area contributed by atoms with E-state index in [1.165, 1.54) is 19.3 Å². The molecule has 2 atom stereocenters. The molecule has 8 heteroatoms. The van der Waals surface area contributed by atoms with Gasteiger partial charge in [-0.05, 0) is 32.9 Å². The second kappa shape index (κ2) is 7.84. The average molecular weight is 386 g/mol. The maximum absolute atomic E-state index is 12.9. The number of sulfone groups is 1. The summed E-state index contributed by atoms with van der Waals surface area (Å²) in [5, 5.41) is 0. The maximum Gasteiger partial charge on any atom is 0.237 e. The summed E-state index contributed by atoms with van der Waals surface area (Å²) in [5.41, 5.74) is 0. The van der Waals surface area contributed by atoms with Crippen molar-refractivity contribution >= 4 is 21.7 Å². The molecule has 1 saturated carbocycles. The van der Waals surface area contributed by atoms with Gasteiger partial charge >= 0.3 is 0 Å². The SMILES string of the molecule is CN(C)CC(=O)N1CCN(C(=O)CC2CCCCC2)[C@@H]2CS(=O)(=O)C[C@@H]21. The first-order valence-electron chi connectivity index (χ1n) is 9.71. The van der Waals surface area contributed by atoms with Crippen LogP contribution in [0.3, 0.4) is 0 Å². The molecule has 2 heterocycles. The van der Waals surface area contributed by atoms with Crippen molar-refractivity contribution in [1.82, 2.24) is 14.7 Å². The predicted molar refractivity (Wildman–Crippen MR) is 99.4 cm³/mol. The zero-order chi connectivity index (χ0) is 18.9. The van der Waals surface area contributed by atoms with Crippen LogP contribution < -0.4 is 0 Å². The minimum absolute atomic E-state index is 0.0141. The van der Waals surface area contributed by atoms with Gasteiger partial charge in [-0.1, -0.05) is 19.3 Å². The number of piperazine rings is 1. The van der Waals surface area contributed by atoms with Gasteiger partial charge in [-0.2, -0.15) is 0 Å². The third-order valence-electron chi connectivity index (χ3n) is 5.96. The summed E-state index contributed by atoms with van der Waals surface area (Å²) in [4.78, 5) is 30.7. The van der Waals surface area contributed by atoms with Crippen molar-refractivity contribution in [3.63, 3.8) is 0 Å². The second-order valence-corrected chi connectivity index (χ2v) is 10.5. The van der Waals surface area contributed by atoms with E-state index in [4.69, 9.17) is 0 Å². The molecule has 0 N–H and O–H groups in total. The summed E-state index contributed by atoms with van der Waals surface area (Å²) < 4.78 is 24.5. The van der Waals surface area contributed by atoms with Gasteiger partial charge < -0.3 is 14.7 Å². The average Bonchev–Trinajstić information content (AvgIpc) is 2.88. The van der Waals surface area contributed by atoms with Gasteiger partial charge in [0.05, 0.1) is 30.1 Å². The lowest BCUT2D eigenvalue weighted by atomic mass is 9.86. The Morgan fingerprint density at radius 2 is 1.46 bits per heavy atom. The van der Waals surface area contributed by atoms with Crippen molar-refractivity contribution in [2.75, 3.05) is 45.2 Å². The van der Waals surface area contributed by atoms with Gasteiger partial charge in [0.1, 0.15) is 0 Å². The molecule has 7 nitrogen and oxygen atoms in total. The minimum atomic E-state index is -3.22. The number of rotatable bonds is 4. The van der Waals surface area contributed by atoms with Crippen molar-refractivity contribution in [3.05, 3.63) is 0 Å². The van der Waals surface area contributed by atoms with Gasteiger partial charge in [0, 0.05) is 19.5 Å². The number of carbonyl (C=O) groups excluding carboxylic acids is 2. The highest BCUT2D eigenvalue weighted by atomic mass is 32.2. The molecular formula is C18H31N3O4S. The van der Waals surface area contributed by atoms with E-state index in [0.29, 0.717) is 25.4 Å².